The monoisotopic (exact) mass is 388 g/mol. The molecular weight excluding hydrogens is 380 g/mol. The summed E-state index contributed by atoms with van der Waals surface area (Å²) < 4.78 is 0.831. The van der Waals surface area contributed by atoms with Crippen LogP contribution in [-0.2, 0) is 0 Å². The van der Waals surface area contributed by atoms with Gasteiger partial charge in [0.25, 0.3) is 17.7 Å². The quantitative estimate of drug-likeness (QED) is 0.602. The molecule has 5 nitrogen and oxygen atoms in total. The lowest BCUT2D eigenvalue weighted by molar-refractivity contribution is 0.0747. The Morgan fingerprint density at radius 1 is 0.957 bits per heavy atom. The number of carbonyl (C=O) groups excluding carboxylic acids is 3. The third-order valence-corrected chi connectivity index (χ3v) is 4.14. The highest BCUT2D eigenvalue weighted by molar-refractivity contribution is 9.10. The number of hydrogen-bond acceptors (Lipinski definition) is 4. The number of carbonyl (C=O) groups is 3. The van der Waals surface area contributed by atoms with E-state index in [9.17, 15) is 14.4 Å². The van der Waals surface area contributed by atoms with E-state index in [2.05, 4.69) is 21.2 Å². The average molecular weight is 389 g/mol. The predicted molar refractivity (Wildman–Crippen MR) is 91.1 cm³/mol. The summed E-state index contributed by atoms with van der Waals surface area (Å²) in [7, 11) is 0. The van der Waals surface area contributed by atoms with Crippen LogP contribution in [0.25, 0.3) is 0 Å². The van der Waals surface area contributed by atoms with Gasteiger partial charge < -0.3 is 0 Å². The molecular formula is C16H9BrN2O3S. The first-order chi connectivity index (χ1) is 11.0. The van der Waals surface area contributed by atoms with Crippen molar-refractivity contribution in [3.05, 3.63) is 69.7 Å². The molecule has 1 N–H and O–H groups in total. The SMILES string of the molecule is O=C(NC(=S)N1C(=O)c2ccccc2C1=O)c1ccc(Br)cc1. The highest BCUT2D eigenvalue weighted by Crippen LogP contribution is 2.22. The number of nitrogens with zero attached hydrogens (tertiary/aromatic N) is 1. The zero-order valence-corrected chi connectivity index (χ0v) is 14.0. The number of thiocarbonyl (C=S) groups is 1. The van der Waals surface area contributed by atoms with Crippen LogP contribution in [0.15, 0.2) is 53.0 Å². The summed E-state index contributed by atoms with van der Waals surface area (Å²) in [5, 5.41) is 2.18. The van der Waals surface area contributed by atoms with E-state index in [1.165, 1.54) is 0 Å². The number of nitrogens with one attached hydrogen (secondary N) is 1. The maximum Gasteiger partial charge on any atom is 0.267 e. The summed E-state index contributed by atoms with van der Waals surface area (Å²) in [4.78, 5) is 37.5. The molecule has 2 aromatic rings. The number of benzene rings is 2. The maximum atomic E-state index is 12.3. The van der Waals surface area contributed by atoms with Gasteiger partial charge in [-0.3, -0.25) is 19.7 Å². The summed E-state index contributed by atoms with van der Waals surface area (Å²) in [6, 6.07) is 13.0. The number of imide groups is 1. The fourth-order valence-corrected chi connectivity index (χ4v) is 2.72. The van der Waals surface area contributed by atoms with Gasteiger partial charge in [-0.2, -0.15) is 0 Å². The molecule has 0 aromatic heterocycles. The van der Waals surface area contributed by atoms with Crippen LogP contribution in [0, 0.1) is 0 Å². The van der Waals surface area contributed by atoms with Crippen molar-refractivity contribution < 1.29 is 14.4 Å². The van der Waals surface area contributed by atoms with Crippen molar-refractivity contribution in [2.75, 3.05) is 0 Å². The van der Waals surface area contributed by atoms with Crippen LogP contribution >= 0.6 is 28.1 Å². The zero-order valence-electron chi connectivity index (χ0n) is 11.6. The van der Waals surface area contributed by atoms with E-state index >= 15 is 0 Å². The first-order valence-electron chi connectivity index (χ1n) is 6.58. The van der Waals surface area contributed by atoms with Crippen molar-refractivity contribution in [1.29, 1.82) is 0 Å². The second-order valence-corrected chi connectivity index (χ2v) is 6.06. The Bertz CT molecular complexity index is 814. The third kappa shape index (κ3) is 2.80. The molecule has 0 spiro atoms. The van der Waals surface area contributed by atoms with Gasteiger partial charge >= 0.3 is 0 Å². The largest absolute Gasteiger partial charge is 0.298 e. The Kier molecular flexibility index (Phi) is 4.06. The van der Waals surface area contributed by atoms with Gasteiger partial charge in [-0.15, -0.1) is 0 Å². The Morgan fingerprint density at radius 2 is 1.48 bits per heavy atom. The standard InChI is InChI=1S/C16H9BrN2O3S/c17-10-7-5-9(6-8-10)13(20)18-16(23)19-14(21)11-3-1-2-4-12(11)15(19)22/h1-8H,(H,18,20,23). The molecule has 0 aliphatic carbocycles. The molecule has 7 heteroatoms. The molecule has 114 valence electrons. The Morgan fingerprint density at radius 3 is 2.00 bits per heavy atom. The molecule has 2 aromatic carbocycles. The number of hydrogen-bond donors (Lipinski definition) is 1. The smallest absolute Gasteiger partial charge is 0.267 e. The minimum absolute atomic E-state index is 0.232. The molecule has 0 fully saturated rings. The van der Waals surface area contributed by atoms with Crippen LogP contribution in [0.1, 0.15) is 31.1 Å². The molecule has 0 saturated heterocycles. The molecule has 1 heterocycles. The molecule has 0 unspecified atom stereocenters. The van der Waals surface area contributed by atoms with Crippen LogP contribution in [0.3, 0.4) is 0 Å². The van der Waals surface area contributed by atoms with E-state index < -0.39 is 17.7 Å². The van der Waals surface area contributed by atoms with E-state index in [1.807, 2.05) is 0 Å². The lowest BCUT2D eigenvalue weighted by Crippen LogP contribution is -2.45. The molecule has 0 saturated carbocycles. The van der Waals surface area contributed by atoms with Crippen LogP contribution in [0.4, 0.5) is 0 Å². The molecule has 23 heavy (non-hydrogen) atoms. The van der Waals surface area contributed by atoms with Crippen molar-refractivity contribution >= 4 is 51.0 Å². The highest BCUT2D eigenvalue weighted by Gasteiger charge is 2.38. The number of fused-ring (bicyclic) bond motifs is 1. The minimum Gasteiger partial charge on any atom is -0.298 e. The van der Waals surface area contributed by atoms with Crippen molar-refractivity contribution in [2.24, 2.45) is 0 Å². The van der Waals surface area contributed by atoms with Crippen LogP contribution < -0.4 is 5.32 Å². The molecule has 3 amide bonds. The first-order valence-corrected chi connectivity index (χ1v) is 7.78. The van der Waals surface area contributed by atoms with E-state index in [0.29, 0.717) is 5.56 Å². The van der Waals surface area contributed by atoms with Crippen molar-refractivity contribution in [3.63, 3.8) is 0 Å². The van der Waals surface area contributed by atoms with Gasteiger partial charge in [0.1, 0.15) is 0 Å². The van der Waals surface area contributed by atoms with Gasteiger partial charge in [-0.25, -0.2) is 4.90 Å². The van der Waals surface area contributed by atoms with Gasteiger partial charge in [-0.1, -0.05) is 28.1 Å². The summed E-state index contributed by atoms with van der Waals surface area (Å²) in [5.41, 5.74) is 0.919. The summed E-state index contributed by atoms with van der Waals surface area (Å²) in [6.07, 6.45) is 0. The highest BCUT2D eigenvalue weighted by atomic mass is 79.9. The average Bonchev–Trinajstić information content (AvgIpc) is 2.80. The lowest BCUT2D eigenvalue weighted by atomic mass is 10.1. The topological polar surface area (TPSA) is 66.5 Å². The molecule has 1 aliphatic heterocycles. The van der Waals surface area contributed by atoms with Crippen LogP contribution in [-0.4, -0.2) is 27.7 Å². The Labute approximate surface area is 145 Å². The number of amides is 3. The van der Waals surface area contributed by atoms with Crippen molar-refractivity contribution in [3.8, 4) is 0 Å². The fourth-order valence-electron chi connectivity index (χ4n) is 2.20. The maximum absolute atomic E-state index is 12.3. The van der Waals surface area contributed by atoms with E-state index in [0.717, 1.165) is 9.37 Å². The van der Waals surface area contributed by atoms with E-state index in [1.54, 1.807) is 48.5 Å². The fraction of sp³-hybridized carbons (Fsp3) is 0. The molecule has 1 aliphatic rings. The zero-order chi connectivity index (χ0) is 16.6. The van der Waals surface area contributed by atoms with Crippen LogP contribution in [0.2, 0.25) is 0 Å². The van der Waals surface area contributed by atoms with E-state index in [-0.39, 0.29) is 16.2 Å². The van der Waals surface area contributed by atoms with Crippen molar-refractivity contribution in [2.45, 2.75) is 0 Å². The summed E-state index contributed by atoms with van der Waals surface area (Å²) >= 11 is 8.34. The van der Waals surface area contributed by atoms with Crippen LogP contribution in [0.5, 0.6) is 0 Å². The summed E-state index contributed by atoms with van der Waals surface area (Å²) in [5.74, 6) is -1.56. The van der Waals surface area contributed by atoms with E-state index in [4.69, 9.17) is 12.2 Å². The predicted octanol–water partition coefficient (Wildman–Crippen LogP) is 2.76. The third-order valence-electron chi connectivity index (χ3n) is 3.32. The molecule has 3 rings (SSSR count). The van der Waals surface area contributed by atoms with Gasteiger partial charge in [0, 0.05) is 10.0 Å². The molecule has 0 bridgehead atoms. The van der Waals surface area contributed by atoms with Gasteiger partial charge in [0.15, 0.2) is 5.11 Å². The Balaban J connectivity index is 1.79. The second-order valence-electron chi connectivity index (χ2n) is 4.76. The number of rotatable bonds is 1. The number of halogens is 1. The normalized spacial score (nSPS) is 13.0. The van der Waals surface area contributed by atoms with Gasteiger partial charge in [0.2, 0.25) is 0 Å². The van der Waals surface area contributed by atoms with Gasteiger partial charge in [0.05, 0.1) is 11.1 Å². The molecule has 0 atom stereocenters. The van der Waals surface area contributed by atoms with Gasteiger partial charge in [-0.05, 0) is 48.6 Å². The second kappa shape index (κ2) is 6.02. The first kappa shape index (κ1) is 15.5. The summed E-state index contributed by atoms with van der Waals surface area (Å²) in [6.45, 7) is 0. The minimum atomic E-state index is -0.535. The molecule has 0 radical (unpaired) electrons. The Hall–Kier alpha value is -2.38. The lowest BCUT2D eigenvalue weighted by Gasteiger charge is -2.15. The van der Waals surface area contributed by atoms with Crippen molar-refractivity contribution in [1.82, 2.24) is 10.2 Å².